The van der Waals surface area contributed by atoms with Crippen LogP contribution < -0.4 is 10.2 Å². The van der Waals surface area contributed by atoms with Crippen LogP contribution in [0.5, 0.6) is 0 Å². The average Bonchev–Trinajstić information content (AvgIpc) is 2.95. The average molecular weight is 343 g/mol. The van der Waals surface area contributed by atoms with Crippen molar-refractivity contribution in [3.05, 3.63) is 89.7 Å². The molecule has 1 aliphatic rings. The van der Waals surface area contributed by atoms with Crippen LogP contribution in [-0.2, 0) is 0 Å². The SMILES string of the molecule is CC(C)c1ccc(N[C@H]2c3ncccc3C(=O)N2c2ccccc2)cc1. The molecule has 1 aromatic heterocycles. The molecule has 0 fully saturated rings. The van der Waals surface area contributed by atoms with Gasteiger partial charge >= 0.3 is 0 Å². The standard InChI is InChI=1S/C22H21N3O/c1-15(2)16-10-12-17(13-11-16)24-21-20-19(9-6-14-23-20)22(26)25(21)18-7-4-3-5-8-18/h3-15,21,24H,1-2H3/t21-/m1/s1. The van der Waals surface area contributed by atoms with Gasteiger partial charge in [-0.1, -0.05) is 44.2 Å². The number of carbonyl (C=O) groups is 1. The van der Waals surface area contributed by atoms with Gasteiger partial charge < -0.3 is 5.32 Å². The molecule has 1 amide bonds. The molecule has 1 N–H and O–H groups in total. The Labute approximate surface area is 153 Å². The summed E-state index contributed by atoms with van der Waals surface area (Å²) >= 11 is 0. The molecule has 0 radical (unpaired) electrons. The molecule has 4 rings (SSSR count). The number of pyridine rings is 1. The number of hydrogen-bond acceptors (Lipinski definition) is 3. The van der Waals surface area contributed by atoms with E-state index >= 15 is 0 Å². The number of carbonyl (C=O) groups excluding carboxylic acids is 1. The second-order valence-corrected chi connectivity index (χ2v) is 6.77. The Balaban J connectivity index is 1.72. The third kappa shape index (κ3) is 2.84. The molecule has 2 heterocycles. The van der Waals surface area contributed by atoms with Gasteiger partial charge in [0.05, 0.1) is 11.3 Å². The topological polar surface area (TPSA) is 45.2 Å². The van der Waals surface area contributed by atoms with E-state index in [1.54, 1.807) is 17.2 Å². The van der Waals surface area contributed by atoms with Gasteiger partial charge in [-0.25, -0.2) is 0 Å². The highest BCUT2D eigenvalue weighted by Crippen LogP contribution is 2.36. The first-order valence-corrected chi connectivity index (χ1v) is 8.85. The quantitative estimate of drug-likeness (QED) is 0.727. The largest absolute Gasteiger partial charge is 0.360 e. The molecule has 0 unspecified atom stereocenters. The summed E-state index contributed by atoms with van der Waals surface area (Å²) in [7, 11) is 0. The van der Waals surface area contributed by atoms with Gasteiger partial charge in [0, 0.05) is 17.6 Å². The number of anilines is 2. The number of para-hydroxylation sites is 1. The van der Waals surface area contributed by atoms with Gasteiger partial charge in [0.2, 0.25) is 0 Å². The smallest absolute Gasteiger partial charge is 0.262 e. The molecule has 3 aromatic rings. The van der Waals surface area contributed by atoms with Gasteiger partial charge in [-0.05, 0) is 47.9 Å². The van der Waals surface area contributed by atoms with Crippen LogP contribution in [0.3, 0.4) is 0 Å². The summed E-state index contributed by atoms with van der Waals surface area (Å²) in [5, 5.41) is 3.48. The summed E-state index contributed by atoms with van der Waals surface area (Å²) in [6.07, 6.45) is 1.41. The predicted molar refractivity (Wildman–Crippen MR) is 104 cm³/mol. The Morgan fingerprint density at radius 2 is 1.69 bits per heavy atom. The minimum absolute atomic E-state index is 0.0319. The van der Waals surface area contributed by atoms with E-state index in [2.05, 4.69) is 48.4 Å². The van der Waals surface area contributed by atoms with E-state index in [9.17, 15) is 4.79 Å². The van der Waals surface area contributed by atoms with E-state index in [0.29, 0.717) is 11.5 Å². The zero-order valence-electron chi connectivity index (χ0n) is 14.9. The zero-order chi connectivity index (χ0) is 18.1. The minimum Gasteiger partial charge on any atom is -0.360 e. The first-order chi connectivity index (χ1) is 12.6. The fourth-order valence-corrected chi connectivity index (χ4v) is 3.30. The molecule has 4 nitrogen and oxygen atoms in total. The van der Waals surface area contributed by atoms with Gasteiger partial charge in [0.1, 0.15) is 0 Å². The van der Waals surface area contributed by atoms with Crippen LogP contribution in [-0.4, -0.2) is 10.9 Å². The Kier molecular flexibility index (Phi) is 4.17. The Bertz CT molecular complexity index is 920. The second kappa shape index (κ2) is 6.64. The Morgan fingerprint density at radius 3 is 2.38 bits per heavy atom. The Morgan fingerprint density at radius 1 is 0.962 bits per heavy atom. The number of nitrogens with zero attached hydrogens (tertiary/aromatic N) is 2. The van der Waals surface area contributed by atoms with Crippen LogP contribution >= 0.6 is 0 Å². The van der Waals surface area contributed by atoms with Crippen LogP contribution in [0.15, 0.2) is 72.9 Å². The van der Waals surface area contributed by atoms with Crippen LogP contribution in [0.2, 0.25) is 0 Å². The summed E-state index contributed by atoms with van der Waals surface area (Å²) in [6, 6.07) is 21.7. The Hall–Kier alpha value is -3.14. The van der Waals surface area contributed by atoms with Crippen molar-refractivity contribution < 1.29 is 4.79 Å². The molecule has 0 saturated carbocycles. The van der Waals surface area contributed by atoms with Crippen LogP contribution in [0, 0.1) is 0 Å². The van der Waals surface area contributed by atoms with Crippen molar-refractivity contribution in [1.82, 2.24) is 4.98 Å². The number of benzene rings is 2. The lowest BCUT2D eigenvalue weighted by Gasteiger charge is -2.26. The fourth-order valence-electron chi connectivity index (χ4n) is 3.30. The summed E-state index contributed by atoms with van der Waals surface area (Å²) in [6.45, 7) is 4.35. The van der Waals surface area contributed by atoms with Crippen LogP contribution in [0.25, 0.3) is 0 Å². The monoisotopic (exact) mass is 343 g/mol. The van der Waals surface area contributed by atoms with E-state index < -0.39 is 0 Å². The maximum Gasteiger partial charge on any atom is 0.262 e. The summed E-state index contributed by atoms with van der Waals surface area (Å²) in [5.74, 6) is 0.455. The van der Waals surface area contributed by atoms with Crippen molar-refractivity contribution in [3.63, 3.8) is 0 Å². The summed E-state index contributed by atoms with van der Waals surface area (Å²) in [5.41, 5.74) is 4.51. The van der Waals surface area contributed by atoms with Crippen molar-refractivity contribution >= 4 is 17.3 Å². The molecule has 4 heteroatoms. The van der Waals surface area contributed by atoms with Crippen molar-refractivity contribution in [2.75, 3.05) is 10.2 Å². The third-order valence-electron chi connectivity index (χ3n) is 4.72. The fraction of sp³-hybridized carbons (Fsp3) is 0.182. The van der Waals surface area contributed by atoms with Crippen LogP contribution in [0.4, 0.5) is 11.4 Å². The normalized spacial score (nSPS) is 16.0. The first kappa shape index (κ1) is 16.3. The lowest BCUT2D eigenvalue weighted by molar-refractivity contribution is 0.0993. The zero-order valence-corrected chi connectivity index (χ0v) is 14.9. The van der Waals surface area contributed by atoms with Crippen LogP contribution in [0.1, 0.15) is 47.5 Å². The molecule has 0 spiro atoms. The number of hydrogen-bond donors (Lipinski definition) is 1. The minimum atomic E-state index is -0.328. The number of amides is 1. The molecule has 1 atom stereocenters. The van der Waals surface area contributed by atoms with E-state index in [-0.39, 0.29) is 12.1 Å². The van der Waals surface area contributed by atoms with Crippen molar-refractivity contribution in [2.24, 2.45) is 0 Å². The molecule has 1 aliphatic heterocycles. The van der Waals surface area contributed by atoms with E-state index in [1.807, 2.05) is 36.4 Å². The lowest BCUT2D eigenvalue weighted by Crippen LogP contribution is -2.32. The van der Waals surface area contributed by atoms with E-state index in [4.69, 9.17) is 0 Å². The lowest BCUT2D eigenvalue weighted by atomic mass is 10.0. The van der Waals surface area contributed by atoms with Gasteiger partial charge in [0.15, 0.2) is 6.17 Å². The van der Waals surface area contributed by atoms with Crippen molar-refractivity contribution in [2.45, 2.75) is 25.9 Å². The van der Waals surface area contributed by atoms with Gasteiger partial charge in [-0.15, -0.1) is 0 Å². The molecule has 26 heavy (non-hydrogen) atoms. The molecular weight excluding hydrogens is 322 g/mol. The van der Waals surface area contributed by atoms with Crippen molar-refractivity contribution in [1.29, 1.82) is 0 Å². The number of fused-ring (bicyclic) bond motifs is 1. The third-order valence-corrected chi connectivity index (χ3v) is 4.72. The van der Waals surface area contributed by atoms with Gasteiger partial charge in [-0.3, -0.25) is 14.7 Å². The maximum absolute atomic E-state index is 13.0. The van der Waals surface area contributed by atoms with Gasteiger partial charge in [0.25, 0.3) is 5.91 Å². The predicted octanol–water partition coefficient (Wildman–Crippen LogP) is 4.98. The molecule has 0 saturated heterocycles. The summed E-state index contributed by atoms with van der Waals surface area (Å²) < 4.78 is 0. The summed E-state index contributed by atoms with van der Waals surface area (Å²) in [4.78, 5) is 19.2. The molecular formula is C22H21N3O. The highest BCUT2D eigenvalue weighted by atomic mass is 16.2. The van der Waals surface area contributed by atoms with E-state index in [0.717, 1.165) is 17.1 Å². The molecule has 2 aromatic carbocycles. The highest BCUT2D eigenvalue weighted by Gasteiger charge is 2.38. The highest BCUT2D eigenvalue weighted by molar-refractivity contribution is 6.11. The van der Waals surface area contributed by atoms with Gasteiger partial charge in [-0.2, -0.15) is 0 Å². The van der Waals surface area contributed by atoms with E-state index in [1.165, 1.54) is 5.56 Å². The second-order valence-electron chi connectivity index (χ2n) is 6.77. The number of nitrogens with one attached hydrogen (secondary N) is 1. The molecule has 0 aliphatic carbocycles. The first-order valence-electron chi connectivity index (χ1n) is 8.85. The number of aromatic nitrogens is 1. The maximum atomic E-state index is 13.0. The van der Waals surface area contributed by atoms with Crippen molar-refractivity contribution in [3.8, 4) is 0 Å². The molecule has 0 bridgehead atoms. The molecule has 130 valence electrons. The number of rotatable bonds is 4.